The van der Waals surface area contributed by atoms with Crippen molar-refractivity contribution in [3.05, 3.63) is 65.8 Å². The first-order valence-corrected chi connectivity index (χ1v) is 10.9. The topological polar surface area (TPSA) is 42.9 Å². The Labute approximate surface area is 151 Å². The van der Waals surface area contributed by atoms with Gasteiger partial charge in [-0.05, 0) is 31.5 Å². The van der Waals surface area contributed by atoms with E-state index in [1.807, 2.05) is 54.6 Å². The highest BCUT2D eigenvalue weighted by Gasteiger charge is 2.11. The predicted octanol–water partition coefficient (Wildman–Crippen LogP) is 5.35. The van der Waals surface area contributed by atoms with Crippen molar-refractivity contribution in [3.8, 4) is 11.3 Å². The van der Waals surface area contributed by atoms with Crippen LogP contribution >= 0.6 is 18.7 Å². The zero-order valence-corrected chi connectivity index (χ0v) is 15.6. The van der Waals surface area contributed by atoms with Crippen LogP contribution in [-0.4, -0.2) is 23.3 Å². The second-order valence-corrected chi connectivity index (χ2v) is 10.0. The lowest BCUT2D eigenvalue weighted by Crippen LogP contribution is -2.01. The van der Waals surface area contributed by atoms with E-state index in [-0.39, 0.29) is 0 Å². The summed E-state index contributed by atoms with van der Waals surface area (Å²) in [5, 5.41) is 3.36. The molecule has 25 heavy (non-hydrogen) atoms. The van der Waals surface area contributed by atoms with Gasteiger partial charge >= 0.3 is 0 Å². The van der Waals surface area contributed by atoms with Crippen LogP contribution in [0.5, 0.6) is 0 Å². The summed E-state index contributed by atoms with van der Waals surface area (Å²) in [6, 6.07) is 19.6. The van der Waals surface area contributed by atoms with E-state index in [2.05, 4.69) is 4.98 Å². The Bertz CT molecular complexity index is 1150. The van der Waals surface area contributed by atoms with Crippen molar-refractivity contribution in [1.82, 2.24) is 9.97 Å². The molecule has 0 aliphatic rings. The summed E-state index contributed by atoms with van der Waals surface area (Å²) < 4.78 is 12.2. The Morgan fingerprint density at radius 3 is 1.96 bits per heavy atom. The normalized spacial score (nSPS) is 12.0. The monoisotopic (exact) mass is 366 g/mol. The highest BCUT2D eigenvalue weighted by atomic mass is 35.5. The van der Waals surface area contributed by atoms with E-state index in [4.69, 9.17) is 16.6 Å². The van der Waals surface area contributed by atoms with Crippen LogP contribution in [0, 0.1) is 0 Å². The summed E-state index contributed by atoms with van der Waals surface area (Å²) in [7, 11) is -2.25. The number of pyridine rings is 2. The van der Waals surface area contributed by atoms with Crippen LogP contribution in [0.3, 0.4) is 0 Å². The second-order valence-electron chi connectivity index (χ2n) is 6.44. The minimum atomic E-state index is -2.25. The van der Waals surface area contributed by atoms with Gasteiger partial charge in [0.05, 0.1) is 16.7 Å². The summed E-state index contributed by atoms with van der Waals surface area (Å²) in [5.74, 6) is 0. The molecule has 2 heterocycles. The molecule has 0 amide bonds. The maximum absolute atomic E-state index is 12.2. The molecule has 2 aromatic carbocycles. The van der Waals surface area contributed by atoms with Crippen LogP contribution in [-0.2, 0) is 4.57 Å². The minimum Gasteiger partial charge on any atom is -0.319 e. The largest absolute Gasteiger partial charge is 0.319 e. The van der Waals surface area contributed by atoms with E-state index < -0.39 is 7.14 Å². The number of halogens is 1. The molecule has 0 bridgehead atoms. The zero-order valence-electron chi connectivity index (χ0n) is 13.9. The van der Waals surface area contributed by atoms with Gasteiger partial charge in [0.15, 0.2) is 0 Å². The molecule has 3 nitrogen and oxygen atoms in total. The van der Waals surface area contributed by atoms with Crippen LogP contribution in [0.1, 0.15) is 0 Å². The average Bonchev–Trinajstić information content (AvgIpc) is 2.60. The molecule has 4 aromatic rings. The molecule has 4 rings (SSSR count). The van der Waals surface area contributed by atoms with Gasteiger partial charge in [-0.1, -0.05) is 54.1 Å². The number of fused-ring (bicyclic) bond motifs is 3. The average molecular weight is 367 g/mol. The van der Waals surface area contributed by atoms with E-state index in [9.17, 15) is 4.57 Å². The third kappa shape index (κ3) is 3.06. The molecular formula is C20H16ClN2OP. The van der Waals surface area contributed by atoms with E-state index in [1.165, 1.54) is 0 Å². The number of benzene rings is 2. The molecule has 0 atom stereocenters. The number of hydrogen-bond donors (Lipinski definition) is 0. The Hall–Kier alpha value is -2.22. The fraction of sp³-hybridized carbons (Fsp3) is 0.100. The van der Waals surface area contributed by atoms with Crippen molar-refractivity contribution < 1.29 is 4.57 Å². The predicted molar refractivity (Wildman–Crippen MR) is 107 cm³/mol. The van der Waals surface area contributed by atoms with E-state index in [0.29, 0.717) is 5.15 Å². The van der Waals surface area contributed by atoms with Crippen molar-refractivity contribution in [2.45, 2.75) is 0 Å². The number of nitrogens with zero attached hydrogens (tertiary/aromatic N) is 2. The van der Waals surface area contributed by atoms with Gasteiger partial charge in [-0.2, -0.15) is 0 Å². The smallest absolute Gasteiger partial charge is 0.129 e. The van der Waals surface area contributed by atoms with Crippen molar-refractivity contribution in [2.75, 3.05) is 13.3 Å². The summed E-state index contributed by atoms with van der Waals surface area (Å²) in [6.45, 7) is 3.55. The Balaban J connectivity index is 1.89. The first-order chi connectivity index (χ1) is 11.9. The van der Waals surface area contributed by atoms with Crippen LogP contribution in [0.25, 0.3) is 33.1 Å². The number of hydrogen-bond acceptors (Lipinski definition) is 3. The SMILES string of the molecule is CP(C)(=O)c1ccc(-c2ccc3ccc4ccc(Cl)nc4c3n2)cc1. The quantitative estimate of drug-likeness (QED) is 0.273. The van der Waals surface area contributed by atoms with E-state index >= 15 is 0 Å². The molecule has 0 radical (unpaired) electrons. The van der Waals surface area contributed by atoms with Gasteiger partial charge in [0, 0.05) is 21.6 Å². The summed E-state index contributed by atoms with van der Waals surface area (Å²) >= 11 is 6.07. The maximum atomic E-state index is 12.2. The molecule has 2 aromatic heterocycles. The van der Waals surface area contributed by atoms with Crippen molar-refractivity contribution >= 4 is 45.9 Å². The van der Waals surface area contributed by atoms with Crippen LogP contribution < -0.4 is 5.30 Å². The van der Waals surface area contributed by atoms with Gasteiger partial charge in [0.1, 0.15) is 12.3 Å². The van der Waals surface area contributed by atoms with Crippen molar-refractivity contribution in [1.29, 1.82) is 0 Å². The molecule has 5 heteroatoms. The molecule has 0 N–H and O–H groups in total. The second kappa shape index (κ2) is 5.94. The first kappa shape index (κ1) is 16.3. The minimum absolute atomic E-state index is 0.457. The lowest BCUT2D eigenvalue weighted by atomic mass is 10.1. The molecule has 124 valence electrons. The highest BCUT2D eigenvalue weighted by Crippen LogP contribution is 2.35. The lowest BCUT2D eigenvalue weighted by molar-refractivity contribution is 0.588. The Morgan fingerprint density at radius 1 is 0.760 bits per heavy atom. The van der Waals surface area contributed by atoms with E-state index in [0.717, 1.165) is 38.4 Å². The number of rotatable bonds is 2. The van der Waals surface area contributed by atoms with Gasteiger partial charge in [0.2, 0.25) is 0 Å². The molecule has 0 fully saturated rings. The van der Waals surface area contributed by atoms with Crippen LogP contribution in [0.15, 0.2) is 60.7 Å². The molecule has 0 unspecified atom stereocenters. The summed E-state index contributed by atoms with van der Waals surface area (Å²) in [5.41, 5.74) is 3.47. The Morgan fingerprint density at radius 2 is 1.32 bits per heavy atom. The van der Waals surface area contributed by atoms with Gasteiger partial charge in [-0.15, -0.1) is 0 Å². The molecule has 0 spiro atoms. The molecule has 0 saturated carbocycles. The molecule has 0 saturated heterocycles. The van der Waals surface area contributed by atoms with Gasteiger partial charge in [-0.25, -0.2) is 9.97 Å². The highest BCUT2D eigenvalue weighted by molar-refractivity contribution is 7.70. The van der Waals surface area contributed by atoms with Crippen molar-refractivity contribution in [3.63, 3.8) is 0 Å². The summed E-state index contributed by atoms with van der Waals surface area (Å²) in [6.07, 6.45) is 0. The van der Waals surface area contributed by atoms with Crippen LogP contribution in [0.4, 0.5) is 0 Å². The van der Waals surface area contributed by atoms with Crippen LogP contribution in [0.2, 0.25) is 5.15 Å². The van der Waals surface area contributed by atoms with Gasteiger partial charge < -0.3 is 4.57 Å². The first-order valence-electron chi connectivity index (χ1n) is 7.94. The van der Waals surface area contributed by atoms with E-state index in [1.54, 1.807) is 19.4 Å². The fourth-order valence-corrected chi connectivity index (χ4v) is 3.91. The third-order valence-electron chi connectivity index (χ3n) is 4.27. The van der Waals surface area contributed by atoms with Gasteiger partial charge in [-0.3, -0.25) is 0 Å². The Kier molecular flexibility index (Phi) is 3.87. The third-order valence-corrected chi connectivity index (χ3v) is 6.02. The fourth-order valence-electron chi connectivity index (χ4n) is 2.90. The van der Waals surface area contributed by atoms with Crippen molar-refractivity contribution in [2.24, 2.45) is 0 Å². The molecule has 0 aliphatic heterocycles. The summed E-state index contributed by atoms with van der Waals surface area (Å²) in [4.78, 5) is 9.27. The zero-order chi connectivity index (χ0) is 17.6. The molecule has 0 aliphatic carbocycles. The lowest BCUT2D eigenvalue weighted by Gasteiger charge is -2.09. The molecular weight excluding hydrogens is 351 g/mol. The standard InChI is InChI=1S/C20H16ClN2OP/c1-25(2,24)16-9-5-13(6-10-16)17-11-7-14-3-4-15-8-12-18(21)23-20(15)19(14)22-17/h3-12H,1-2H3. The maximum Gasteiger partial charge on any atom is 0.129 e. The van der Waals surface area contributed by atoms with Gasteiger partial charge in [0.25, 0.3) is 0 Å². The number of aromatic nitrogens is 2.